The van der Waals surface area contributed by atoms with E-state index in [1.807, 2.05) is 24.3 Å². The van der Waals surface area contributed by atoms with Gasteiger partial charge in [-0.2, -0.15) is 0 Å². The minimum Gasteiger partial charge on any atom is -0.495 e. The van der Waals surface area contributed by atoms with Gasteiger partial charge in [-0.3, -0.25) is 4.79 Å². The number of hydrogen-bond donors (Lipinski definition) is 1. The van der Waals surface area contributed by atoms with Gasteiger partial charge in [0.05, 0.1) is 18.6 Å². The van der Waals surface area contributed by atoms with Crippen molar-refractivity contribution in [2.24, 2.45) is 0 Å². The molecule has 8 heteroatoms. The summed E-state index contributed by atoms with van der Waals surface area (Å²) in [6, 6.07) is 15.8. The fourth-order valence-electron chi connectivity index (χ4n) is 3.36. The lowest BCUT2D eigenvalue weighted by Gasteiger charge is -2.19. The number of amides is 1. The summed E-state index contributed by atoms with van der Waals surface area (Å²) in [5, 5.41) is 12.4. The van der Waals surface area contributed by atoms with Crippen LogP contribution in [0, 0.1) is 0 Å². The van der Waals surface area contributed by atoms with Gasteiger partial charge in [-0.25, -0.2) is 0 Å². The van der Waals surface area contributed by atoms with Crippen LogP contribution >= 0.6 is 11.8 Å². The van der Waals surface area contributed by atoms with Crippen molar-refractivity contribution in [1.82, 2.24) is 14.8 Å². The van der Waals surface area contributed by atoms with Crippen molar-refractivity contribution >= 4 is 23.4 Å². The summed E-state index contributed by atoms with van der Waals surface area (Å²) in [4.78, 5) is 12.6. The molecule has 1 amide bonds. The number of methoxy groups -OCH3 is 2. The van der Waals surface area contributed by atoms with Crippen LogP contribution in [0.4, 0.5) is 5.69 Å². The van der Waals surface area contributed by atoms with E-state index in [0.717, 1.165) is 17.8 Å². The number of para-hydroxylation sites is 2. The van der Waals surface area contributed by atoms with Gasteiger partial charge in [0, 0.05) is 25.8 Å². The zero-order valence-corrected chi connectivity index (χ0v) is 20.7. The Hall–Kier alpha value is -2.84. The maximum absolute atomic E-state index is 12.6. The topological polar surface area (TPSA) is 78.3 Å². The van der Waals surface area contributed by atoms with Crippen LogP contribution in [-0.4, -0.2) is 47.3 Å². The lowest BCUT2D eigenvalue weighted by molar-refractivity contribution is -0.113. The number of hydrogen-bond acceptors (Lipinski definition) is 6. The molecule has 3 aromatic rings. The summed E-state index contributed by atoms with van der Waals surface area (Å²) in [6.45, 7) is 7.92. The van der Waals surface area contributed by atoms with Gasteiger partial charge in [0.2, 0.25) is 5.91 Å². The molecule has 0 unspecified atom stereocenters. The van der Waals surface area contributed by atoms with E-state index in [2.05, 4.69) is 65.1 Å². The summed E-state index contributed by atoms with van der Waals surface area (Å²) in [6.07, 6.45) is 0.822. The van der Waals surface area contributed by atoms with Crippen molar-refractivity contribution in [1.29, 1.82) is 0 Å². The van der Waals surface area contributed by atoms with Gasteiger partial charge in [0.15, 0.2) is 11.0 Å². The number of nitrogens with zero attached hydrogens (tertiary/aromatic N) is 3. The molecule has 3 rings (SSSR count). The van der Waals surface area contributed by atoms with E-state index in [4.69, 9.17) is 9.47 Å². The second-order valence-electron chi connectivity index (χ2n) is 8.67. The molecule has 0 saturated heterocycles. The molecule has 33 heavy (non-hydrogen) atoms. The predicted molar refractivity (Wildman–Crippen MR) is 133 cm³/mol. The molecule has 1 N–H and O–H groups in total. The number of ether oxygens (including phenoxy) is 2. The Morgan fingerprint density at radius 2 is 1.79 bits per heavy atom. The minimum absolute atomic E-state index is 0.0838. The molecule has 0 bridgehead atoms. The highest BCUT2D eigenvalue weighted by Gasteiger charge is 2.18. The van der Waals surface area contributed by atoms with Crippen LogP contribution < -0.4 is 10.1 Å². The van der Waals surface area contributed by atoms with Crippen LogP contribution in [0.15, 0.2) is 53.7 Å². The van der Waals surface area contributed by atoms with Crippen molar-refractivity contribution in [3.05, 3.63) is 54.1 Å². The van der Waals surface area contributed by atoms with E-state index >= 15 is 0 Å². The van der Waals surface area contributed by atoms with Crippen LogP contribution in [-0.2, 0) is 21.5 Å². The molecule has 0 fully saturated rings. The smallest absolute Gasteiger partial charge is 0.234 e. The molecule has 2 aromatic carbocycles. The lowest BCUT2D eigenvalue weighted by atomic mass is 9.87. The quantitative estimate of drug-likeness (QED) is 0.333. The van der Waals surface area contributed by atoms with Crippen molar-refractivity contribution in [2.75, 3.05) is 31.9 Å². The van der Waals surface area contributed by atoms with Crippen LogP contribution in [0.25, 0.3) is 11.4 Å². The summed E-state index contributed by atoms with van der Waals surface area (Å²) in [5.41, 5.74) is 2.99. The molecule has 0 spiro atoms. The number of thioether (sulfide) groups is 1. The number of carbonyl (C=O) groups excluding carboxylic acids is 1. The summed E-state index contributed by atoms with van der Waals surface area (Å²) < 4.78 is 12.6. The average Bonchev–Trinajstić information content (AvgIpc) is 3.20. The first kappa shape index (κ1) is 24.8. The first-order chi connectivity index (χ1) is 15.8. The van der Waals surface area contributed by atoms with Crippen molar-refractivity contribution in [3.8, 4) is 17.1 Å². The Bertz CT molecular complexity index is 1060. The molecule has 0 radical (unpaired) electrons. The standard InChI is InChI=1S/C25H32N4O3S/c1-25(2,3)19-13-11-18(12-14-19)23-27-28-24(29(23)15-8-16-31-4)33-17-22(30)26-20-9-6-7-10-21(20)32-5/h6-7,9-14H,8,15-17H2,1-5H3,(H,26,30). The van der Waals surface area contributed by atoms with Crippen LogP contribution in [0.1, 0.15) is 32.8 Å². The summed E-state index contributed by atoms with van der Waals surface area (Å²) >= 11 is 1.36. The fourth-order valence-corrected chi connectivity index (χ4v) is 4.13. The van der Waals surface area contributed by atoms with Crippen LogP contribution in [0.2, 0.25) is 0 Å². The van der Waals surface area contributed by atoms with E-state index < -0.39 is 0 Å². The molecular formula is C25H32N4O3S. The molecular weight excluding hydrogens is 436 g/mol. The van der Waals surface area contributed by atoms with Crippen molar-refractivity contribution < 1.29 is 14.3 Å². The Morgan fingerprint density at radius 3 is 2.45 bits per heavy atom. The predicted octanol–water partition coefficient (Wildman–Crippen LogP) is 5.02. The zero-order chi connectivity index (χ0) is 23.8. The van der Waals surface area contributed by atoms with Gasteiger partial charge in [-0.05, 0) is 29.5 Å². The van der Waals surface area contributed by atoms with E-state index in [9.17, 15) is 4.79 Å². The first-order valence-electron chi connectivity index (χ1n) is 10.9. The Balaban J connectivity index is 1.76. The third-order valence-corrected chi connectivity index (χ3v) is 6.14. The third-order valence-electron chi connectivity index (χ3n) is 5.17. The van der Waals surface area contributed by atoms with Crippen molar-refractivity contribution in [3.63, 3.8) is 0 Å². The third kappa shape index (κ3) is 6.58. The van der Waals surface area contributed by atoms with E-state index in [1.54, 1.807) is 14.2 Å². The summed E-state index contributed by atoms with van der Waals surface area (Å²) in [7, 11) is 3.27. The highest BCUT2D eigenvalue weighted by molar-refractivity contribution is 7.99. The zero-order valence-electron chi connectivity index (χ0n) is 19.9. The SMILES string of the molecule is COCCCn1c(SCC(=O)Nc2ccccc2OC)nnc1-c1ccc(C(C)(C)C)cc1. The highest BCUT2D eigenvalue weighted by Crippen LogP contribution is 2.28. The van der Waals surface area contributed by atoms with Gasteiger partial charge in [0.1, 0.15) is 5.75 Å². The monoisotopic (exact) mass is 468 g/mol. The lowest BCUT2D eigenvalue weighted by Crippen LogP contribution is -2.15. The number of rotatable bonds is 10. The maximum atomic E-state index is 12.6. The number of anilines is 1. The van der Waals surface area contributed by atoms with Crippen LogP contribution in [0.3, 0.4) is 0 Å². The maximum Gasteiger partial charge on any atom is 0.234 e. The first-order valence-corrected chi connectivity index (χ1v) is 11.9. The molecule has 0 aliphatic rings. The van der Waals surface area contributed by atoms with Gasteiger partial charge in [-0.1, -0.05) is 68.9 Å². The molecule has 0 atom stereocenters. The molecule has 7 nitrogen and oxygen atoms in total. The van der Waals surface area contributed by atoms with Gasteiger partial charge in [0.25, 0.3) is 0 Å². The van der Waals surface area contributed by atoms with E-state index in [0.29, 0.717) is 29.7 Å². The second-order valence-corrected chi connectivity index (χ2v) is 9.61. The molecule has 1 heterocycles. The van der Waals surface area contributed by atoms with Gasteiger partial charge < -0.3 is 19.4 Å². The van der Waals surface area contributed by atoms with Gasteiger partial charge in [-0.15, -0.1) is 10.2 Å². The molecule has 0 aliphatic heterocycles. The molecule has 176 valence electrons. The van der Waals surface area contributed by atoms with E-state index in [1.165, 1.54) is 17.3 Å². The highest BCUT2D eigenvalue weighted by atomic mass is 32.2. The number of aromatic nitrogens is 3. The summed E-state index contributed by atoms with van der Waals surface area (Å²) in [5.74, 6) is 1.49. The van der Waals surface area contributed by atoms with E-state index in [-0.39, 0.29) is 17.1 Å². The Kier molecular flexibility index (Phi) is 8.52. The van der Waals surface area contributed by atoms with Crippen molar-refractivity contribution in [2.45, 2.75) is 44.3 Å². The number of nitrogens with one attached hydrogen (secondary N) is 1. The number of carbonyl (C=O) groups is 1. The number of benzene rings is 2. The molecule has 0 saturated carbocycles. The Morgan fingerprint density at radius 1 is 1.06 bits per heavy atom. The largest absolute Gasteiger partial charge is 0.495 e. The molecule has 1 aromatic heterocycles. The second kappa shape index (κ2) is 11.3. The normalized spacial score (nSPS) is 11.4. The minimum atomic E-state index is -0.132. The fraction of sp³-hybridized carbons (Fsp3) is 0.400. The molecule has 0 aliphatic carbocycles. The Labute approximate surface area is 199 Å². The van der Waals surface area contributed by atoms with Crippen LogP contribution in [0.5, 0.6) is 5.75 Å². The average molecular weight is 469 g/mol. The van der Waals surface area contributed by atoms with Gasteiger partial charge >= 0.3 is 0 Å².